The van der Waals surface area contributed by atoms with Crippen LogP contribution in [0.3, 0.4) is 0 Å². The van der Waals surface area contributed by atoms with E-state index in [1.165, 1.54) is 0 Å². The van der Waals surface area contributed by atoms with Gasteiger partial charge in [-0.2, -0.15) is 0 Å². The van der Waals surface area contributed by atoms with Gasteiger partial charge in [0.05, 0.1) is 0 Å². The molecule has 0 amide bonds. The van der Waals surface area contributed by atoms with Crippen LogP contribution in [0.1, 0.15) is 0 Å². The summed E-state index contributed by atoms with van der Waals surface area (Å²) in [6.45, 7) is 0. The fraction of sp³-hybridized carbons (Fsp3) is 0. The minimum absolute atomic E-state index is 0.156. The van der Waals surface area contributed by atoms with E-state index in [2.05, 4.69) is 24.2 Å². The van der Waals surface area contributed by atoms with Gasteiger partial charge in [-0.3, -0.25) is 0 Å². The van der Waals surface area contributed by atoms with Crippen molar-refractivity contribution in [2.45, 2.75) is 0 Å². The maximum absolute atomic E-state index is 4.59. The summed E-state index contributed by atoms with van der Waals surface area (Å²) in [5.41, 5.74) is 0. The van der Waals surface area contributed by atoms with Crippen LogP contribution in [-0.2, 0) is 6.16 Å². The van der Waals surface area contributed by atoms with E-state index in [1.807, 2.05) is 19.5 Å². The Bertz CT molecular complexity index is 77.4. The first kappa shape index (κ1) is 6.05. The molecule has 0 atom stereocenters. The molecule has 0 aromatic rings. The average molecular weight is 302 g/mol. The Morgan fingerprint density at radius 2 is 2.00 bits per heavy atom. The molecular weight excluding hydrogens is 302 g/mol. The third-order valence-electron chi connectivity index (χ3n) is 0. The molecular formula is CuSSeTe. The van der Waals surface area contributed by atoms with E-state index < -0.39 is 0 Å². The minimum atomic E-state index is 0.156. The topological polar surface area (TPSA) is 0 Å². The average Bonchev–Trinajstić information content (AvgIpc) is 0.811. The molecule has 0 spiro atoms. The summed E-state index contributed by atoms with van der Waals surface area (Å²) in [5.74, 6) is 0. The van der Waals surface area contributed by atoms with Crippen molar-refractivity contribution in [2.24, 2.45) is 0 Å². The summed E-state index contributed by atoms with van der Waals surface area (Å²) in [4.78, 5) is 0. The first-order chi connectivity index (χ1) is 1.73. The molecule has 0 unspecified atom stereocenters. The van der Waals surface area contributed by atoms with Crippen LogP contribution in [0.15, 0.2) is 0 Å². The maximum atomic E-state index is 4.59. The van der Waals surface area contributed by atoms with E-state index in [4.69, 9.17) is 0 Å². The van der Waals surface area contributed by atoms with E-state index in [0.29, 0.717) is 0 Å². The third-order valence-corrected chi connectivity index (χ3v) is 0. The summed E-state index contributed by atoms with van der Waals surface area (Å²) < 4.78 is 0. The molecule has 0 heterocycles. The monoisotopic (exact) mass is 305 g/mol. The first-order valence-corrected chi connectivity index (χ1v) is 7.56. The SMILES string of the molecule is [S]=[Cu](=[Se])=[Te]. The van der Waals surface area contributed by atoms with Gasteiger partial charge in [0.2, 0.25) is 0 Å². The molecule has 0 aromatic carbocycles. The summed E-state index contributed by atoms with van der Waals surface area (Å²) in [6.07, 6.45) is 0.156. The van der Waals surface area contributed by atoms with Gasteiger partial charge < -0.3 is 0 Å². The van der Waals surface area contributed by atoms with Crippen molar-refractivity contribution >= 4 is 43.7 Å². The molecule has 0 aliphatic heterocycles. The molecule has 0 rings (SSSR count). The van der Waals surface area contributed by atoms with Gasteiger partial charge in [-0.1, -0.05) is 0 Å². The molecule has 0 saturated heterocycles. The van der Waals surface area contributed by atoms with Gasteiger partial charge in [-0.25, -0.2) is 0 Å². The Kier molecular flexibility index (Phi) is 4.91. The van der Waals surface area contributed by atoms with Crippen molar-refractivity contribution in [3.05, 3.63) is 0 Å². The van der Waals surface area contributed by atoms with E-state index in [0.717, 1.165) is 0 Å². The quantitative estimate of drug-likeness (QED) is 0.563. The van der Waals surface area contributed by atoms with E-state index >= 15 is 0 Å². The fourth-order valence-corrected chi connectivity index (χ4v) is 0. The zero-order valence-electron chi connectivity index (χ0n) is 1.53. The molecule has 0 aliphatic rings. The zero-order valence-corrected chi connectivity index (χ0v) is 7.33. The van der Waals surface area contributed by atoms with Gasteiger partial charge in [0, 0.05) is 0 Å². The molecule has 4 heteroatoms. The van der Waals surface area contributed by atoms with Crippen LogP contribution in [0, 0.1) is 0 Å². The van der Waals surface area contributed by atoms with Crippen LogP contribution < -0.4 is 0 Å². The fourth-order valence-electron chi connectivity index (χ4n) is 0. The van der Waals surface area contributed by atoms with Crippen LogP contribution >= 0.6 is 10.6 Å². The molecule has 29 valence electrons. The van der Waals surface area contributed by atoms with Gasteiger partial charge in [0.1, 0.15) is 0 Å². The molecule has 4 heavy (non-hydrogen) atoms. The Morgan fingerprint density at radius 3 is 2.00 bits per heavy atom. The Balaban J connectivity index is 4.65. The van der Waals surface area contributed by atoms with Gasteiger partial charge in [0.15, 0.2) is 0 Å². The summed E-state index contributed by atoms with van der Waals surface area (Å²) in [7, 11) is 4.59. The second-order valence-corrected chi connectivity index (χ2v) is 14.6. The molecule has 0 fully saturated rings. The molecule has 0 bridgehead atoms. The normalized spacial score (nSPS) is 10.5. The predicted molar refractivity (Wildman–Crippen MR) is 19.1 cm³/mol. The van der Waals surface area contributed by atoms with E-state index in [9.17, 15) is 0 Å². The predicted octanol–water partition coefficient (Wildman–Crippen LogP) is -0.116. The summed E-state index contributed by atoms with van der Waals surface area (Å²) in [6, 6.07) is 0. The van der Waals surface area contributed by atoms with Crippen molar-refractivity contribution in [3.63, 3.8) is 0 Å². The van der Waals surface area contributed by atoms with E-state index in [-0.39, 0.29) is 6.16 Å². The van der Waals surface area contributed by atoms with Crippen LogP contribution in [-0.4, -0.2) is 33.1 Å². The Labute approximate surface area is 49.1 Å². The summed E-state index contributed by atoms with van der Waals surface area (Å²) >= 11 is 4.63. The van der Waals surface area contributed by atoms with Crippen LogP contribution in [0.25, 0.3) is 0 Å². The number of rotatable bonds is 0. The van der Waals surface area contributed by atoms with Gasteiger partial charge in [0.25, 0.3) is 0 Å². The molecule has 0 radical (unpaired) electrons. The van der Waals surface area contributed by atoms with E-state index in [1.54, 1.807) is 0 Å². The van der Waals surface area contributed by atoms with Gasteiger partial charge >= 0.3 is 49.8 Å². The van der Waals surface area contributed by atoms with Crippen molar-refractivity contribution in [2.75, 3.05) is 0 Å². The van der Waals surface area contributed by atoms with Crippen LogP contribution in [0.5, 0.6) is 0 Å². The van der Waals surface area contributed by atoms with Gasteiger partial charge in [-0.05, 0) is 0 Å². The standard InChI is InChI=1S/Cu.S.Se.Te. The Morgan fingerprint density at radius 1 is 2.00 bits per heavy atom. The molecule has 0 saturated carbocycles. The molecule has 0 aromatic heterocycles. The molecule has 0 nitrogen and oxygen atoms in total. The number of hydrogen-bond acceptors (Lipinski definition) is 1. The van der Waals surface area contributed by atoms with Gasteiger partial charge in [-0.15, -0.1) is 0 Å². The second kappa shape index (κ2) is 3.25. The molecule has 0 N–H and O–H groups in total. The second-order valence-electron chi connectivity index (χ2n) is 0.151. The van der Waals surface area contributed by atoms with Crippen LogP contribution in [0.4, 0.5) is 0 Å². The van der Waals surface area contributed by atoms with Crippen molar-refractivity contribution in [1.29, 1.82) is 0 Å². The van der Waals surface area contributed by atoms with Crippen molar-refractivity contribution < 1.29 is 6.16 Å². The third kappa shape index (κ3) is 8.97. The first-order valence-electron chi connectivity index (χ1n) is 0.369. The van der Waals surface area contributed by atoms with Crippen LogP contribution in [0.2, 0.25) is 0 Å². The van der Waals surface area contributed by atoms with Crippen molar-refractivity contribution in [3.8, 4) is 0 Å². The number of hydrogen-bond donors (Lipinski definition) is 0. The zero-order chi connectivity index (χ0) is 3.58. The molecule has 0 aliphatic carbocycles. The Hall–Kier alpha value is 2.05. The summed E-state index contributed by atoms with van der Waals surface area (Å²) in [5, 5.41) is 0. The van der Waals surface area contributed by atoms with Crippen molar-refractivity contribution in [1.82, 2.24) is 0 Å².